The van der Waals surface area contributed by atoms with Crippen LogP contribution in [0.5, 0.6) is 0 Å². The lowest BCUT2D eigenvalue weighted by Gasteiger charge is -2.13. The van der Waals surface area contributed by atoms with Crippen LogP contribution < -0.4 is 0 Å². The first kappa shape index (κ1) is 12.0. The molecule has 0 atom stereocenters. The average molecular weight is 204 g/mol. The van der Waals surface area contributed by atoms with Crippen LogP contribution in [-0.4, -0.2) is 5.78 Å². The molecule has 0 spiro atoms. The van der Waals surface area contributed by atoms with E-state index in [1.54, 1.807) is 6.92 Å². The molecule has 0 N–H and O–H groups in total. The zero-order chi connectivity index (χ0) is 11.4. The Balaban J connectivity index is 2.90. The Bertz CT molecular complexity index is 350. The van der Waals surface area contributed by atoms with Gasteiger partial charge in [-0.2, -0.15) is 0 Å². The molecule has 1 rings (SSSR count). The Labute approximate surface area is 92.5 Å². The fourth-order valence-corrected chi connectivity index (χ4v) is 1.79. The van der Waals surface area contributed by atoms with Crippen molar-refractivity contribution in [2.24, 2.45) is 0 Å². The van der Waals surface area contributed by atoms with Gasteiger partial charge in [-0.1, -0.05) is 37.6 Å². The first-order valence-corrected chi connectivity index (χ1v) is 5.59. The van der Waals surface area contributed by atoms with Gasteiger partial charge >= 0.3 is 0 Å². The molecule has 0 aliphatic heterocycles. The normalized spacial score (nSPS) is 10.7. The summed E-state index contributed by atoms with van der Waals surface area (Å²) in [5, 5.41) is 0. The maximum absolute atomic E-state index is 11.0. The van der Waals surface area contributed by atoms with Gasteiger partial charge in [0.05, 0.1) is 0 Å². The van der Waals surface area contributed by atoms with Gasteiger partial charge in [0.2, 0.25) is 0 Å². The molecule has 1 aromatic rings. The third-order valence-corrected chi connectivity index (χ3v) is 2.67. The van der Waals surface area contributed by atoms with E-state index in [2.05, 4.69) is 39.0 Å². The zero-order valence-electron chi connectivity index (χ0n) is 10.1. The van der Waals surface area contributed by atoms with E-state index in [1.807, 2.05) is 0 Å². The van der Waals surface area contributed by atoms with Crippen LogP contribution in [0.3, 0.4) is 0 Å². The van der Waals surface area contributed by atoms with Gasteiger partial charge in [0, 0.05) is 6.42 Å². The van der Waals surface area contributed by atoms with Gasteiger partial charge in [-0.3, -0.25) is 0 Å². The van der Waals surface area contributed by atoms with Crippen LogP contribution >= 0.6 is 0 Å². The number of rotatable bonds is 4. The van der Waals surface area contributed by atoms with Crippen LogP contribution in [0.2, 0.25) is 0 Å². The Hall–Kier alpha value is -1.11. The van der Waals surface area contributed by atoms with Gasteiger partial charge < -0.3 is 4.79 Å². The molecule has 0 aromatic heterocycles. The third kappa shape index (κ3) is 3.50. The summed E-state index contributed by atoms with van der Waals surface area (Å²) >= 11 is 0. The van der Waals surface area contributed by atoms with Crippen LogP contribution in [-0.2, 0) is 11.2 Å². The molecular weight excluding hydrogens is 184 g/mol. The van der Waals surface area contributed by atoms with E-state index in [4.69, 9.17) is 0 Å². The second kappa shape index (κ2) is 5.11. The van der Waals surface area contributed by atoms with Crippen LogP contribution in [0.15, 0.2) is 18.2 Å². The van der Waals surface area contributed by atoms with Crippen molar-refractivity contribution in [2.75, 3.05) is 0 Å². The van der Waals surface area contributed by atoms with Crippen molar-refractivity contribution < 1.29 is 4.79 Å². The molecular formula is C14H20O. The number of Topliss-reactive ketones (excluding diaryl/α,β-unsaturated/α-hetero) is 1. The predicted octanol–water partition coefficient (Wildman–Crippen LogP) is 3.64. The first-order valence-electron chi connectivity index (χ1n) is 5.59. The number of hydrogen-bond donors (Lipinski definition) is 0. The van der Waals surface area contributed by atoms with Crippen LogP contribution in [0.25, 0.3) is 0 Å². The summed E-state index contributed by atoms with van der Waals surface area (Å²) in [6.07, 6.45) is 1.53. The third-order valence-electron chi connectivity index (χ3n) is 2.67. The fraction of sp³-hybridized carbons (Fsp3) is 0.500. The Kier molecular flexibility index (Phi) is 4.07. The van der Waals surface area contributed by atoms with Crippen molar-refractivity contribution >= 4 is 5.78 Å². The highest BCUT2D eigenvalue weighted by molar-refractivity contribution is 5.75. The monoisotopic (exact) mass is 204 g/mol. The van der Waals surface area contributed by atoms with E-state index in [1.165, 1.54) is 16.7 Å². The van der Waals surface area contributed by atoms with Crippen molar-refractivity contribution in [1.82, 2.24) is 0 Å². The van der Waals surface area contributed by atoms with Crippen LogP contribution in [0.1, 0.15) is 49.8 Å². The van der Waals surface area contributed by atoms with E-state index in [9.17, 15) is 4.79 Å². The van der Waals surface area contributed by atoms with E-state index < -0.39 is 0 Å². The molecule has 0 aliphatic rings. The van der Waals surface area contributed by atoms with E-state index in [-0.39, 0.29) is 5.78 Å². The molecule has 1 heteroatoms. The molecule has 0 amide bonds. The highest BCUT2D eigenvalue weighted by Crippen LogP contribution is 2.22. The lowest BCUT2D eigenvalue weighted by atomic mass is 9.92. The second-order valence-corrected chi connectivity index (χ2v) is 4.56. The van der Waals surface area contributed by atoms with Gasteiger partial charge in [0.1, 0.15) is 5.78 Å². The largest absolute Gasteiger partial charge is 0.300 e. The topological polar surface area (TPSA) is 17.1 Å². The van der Waals surface area contributed by atoms with Crippen molar-refractivity contribution in [1.29, 1.82) is 0 Å². The zero-order valence-corrected chi connectivity index (χ0v) is 10.1. The minimum absolute atomic E-state index is 0.269. The summed E-state index contributed by atoms with van der Waals surface area (Å²) in [4.78, 5) is 11.0. The molecule has 0 saturated carbocycles. The van der Waals surface area contributed by atoms with Crippen molar-refractivity contribution in [3.63, 3.8) is 0 Å². The molecule has 0 saturated heterocycles. The Morgan fingerprint density at radius 2 is 2.00 bits per heavy atom. The second-order valence-electron chi connectivity index (χ2n) is 4.56. The fourth-order valence-electron chi connectivity index (χ4n) is 1.79. The lowest BCUT2D eigenvalue weighted by molar-refractivity contribution is -0.116. The van der Waals surface area contributed by atoms with Crippen LogP contribution in [0, 0.1) is 6.92 Å². The summed E-state index contributed by atoms with van der Waals surface area (Å²) in [6.45, 7) is 8.17. The van der Waals surface area contributed by atoms with Gasteiger partial charge in [0.15, 0.2) is 0 Å². The summed E-state index contributed by atoms with van der Waals surface area (Å²) in [7, 11) is 0. The predicted molar refractivity (Wildman–Crippen MR) is 64.3 cm³/mol. The summed E-state index contributed by atoms with van der Waals surface area (Å²) in [5.41, 5.74) is 4.01. The lowest BCUT2D eigenvalue weighted by Crippen LogP contribution is -2.00. The number of benzene rings is 1. The van der Waals surface area contributed by atoms with E-state index in [0.29, 0.717) is 12.3 Å². The van der Waals surface area contributed by atoms with Crippen molar-refractivity contribution in [3.8, 4) is 0 Å². The van der Waals surface area contributed by atoms with Gasteiger partial charge in [-0.15, -0.1) is 0 Å². The number of hydrogen-bond acceptors (Lipinski definition) is 1. The quantitative estimate of drug-likeness (QED) is 0.731. The first-order chi connectivity index (χ1) is 7.00. The summed E-state index contributed by atoms with van der Waals surface area (Å²) < 4.78 is 0. The van der Waals surface area contributed by atoms with E-state index in [0.717, 1.165) is 6.42 Å². The smallest absolute Gasteiger partial charge is 0.130 e. The van der Waals surface area contributed by atoms with Gasteiger partial charge in [0.25, 0.3) is 0 Å². The van der Waals surface area contributed by atoms with Crippen molar-refractivity contribution in [3.05, 3.63) is 34.9 Å². The van der Waals surface area contributed by atoms with Gasteiger partial charge in [-0.05, 0) is 37.3 Å². The Morgan fingerprint density at radius 3 is 2.53 bits per heavy atom. The van der Waals surface area contributed by atoms with Gasteiger partial charge in [-0.25, -0.2) is 0 Å². The molecule has 0 unspecified atom stereocenters. The standard InChI is InChI=1S/C14H20O/c1-10(2)14-9-11(3)5-7-13(14)8-6-12(4)15/h5,7,9-10H,6,8H2,1-4H3. The molecule has 0 fully saturated rings. The molecule has 1 aromatic carbocycles. The van der Waals surface area contributed by atoms with Crippen molar-refractivity contribution in [2.45, 2.75) is 46.5 Å². The summed E-state index contributed by atoms with van der Waals surface area (Å²) in [6, 6.07) is 6.52. The highest BCUT2D eigenvalue weighted by atomic mass is 16.1. The average Bonchev–Trinajstić information content (AvgIpc) is 2.15. The molecule has 0 heterocycles. The molecule has 0 aliphatic carbocycles. The number of carbonyl (C=O) groups is 1. The SMILES string of the molecule is CC(=O)CCc1ccc(C)cc1C(C)C. The summed E-state index contributed by atoms with van der Waals surface area (Å²) in [5.74, 6) is 0.803. The molecule has 15 heavy (non-hydrogen) atoms. The molecule has 1 nitrogen and oxygen atoms in total. The highest BCUT2D eigenvalue weighted by Gasteiger charge is 2.07. The maximum Gasteiger partial charge on any atom is 0.130 e. The molecule has 0 bridgehead atoms. The minimum Gasteiger partial charge on any atom is -0.300 e. The minimum atomic E-state index is 0.269. The Morgan fingerprint density at radius 1 is 1.33 bits per heavy atom. The molecule has 0 radical (unpaired) electrons. The number of ketones is 1. The number of aryl methyl sites for hydroxylation is 2. The molecule has 82 valence electrons. The van der Waals surface area contributed by atoms with Crippen LogP contribution in [0.4, 0.5) is 0 Å². The van der Waals surface area contributed by atoms with E-state index >= 15 is 0 Å². The maximum atomic E-state index is 11.0. The number of carbonyl (C=O) groups excluding carboxylic acids is 1.